The highest BCUT2D eigenvalue weighted by Gasteiger charge is 2.15. The number of carbonyl (C=O) groups is 1. The number of aromatic amines is 1. The molecule has 0 bridgehead atoms. The number of nitrogens with one attached hydrogen (secondary N) is 1. The average Bonchev–Trinajstić information content (AvgIpc) is 3.11. The Labute approximate surface area is 141 Å². The number of para-hydroxylation sites is 2. The van der Waals surface area contributed by atoms with E-state index in [4.69, 9.17) is 0 Å². The molecule has 0 radical (unpaired) electrons. The van der Waals surface area contributed by atoms with Crippen LogP contribution in [-0.2, 0) is 11.2 Å². The first-order valence-corrected chi connectivity index (χ1v) is 8.58. The Balaban J connectivity index is 1.55. The van der Waals surface area contributed by atoms with Gasteiger partial charge in [0.15, 0.2) is 0 Å². The zero-order chi connectivity index (χ0) is 16.9. The summed E-state index contributed by atoms with van der Waals surface area (Å²) in [6.45, 7) is 3.94. The normalized spacial score (nSPS) is 15.0. The fourth-order valence-corrected chi connectivity index (χ4v) is 3.08. The number of fused-ring (bicyclic) bond motifs is 1. The van der Waals surface area contributed by atoms with Gasteiger partial charge < -0.3 is 14.8 Å². The molecule has 1 aliphatic heterocycles. The second-order valence-electron chi connectivity index (χ2n) is 6.39. The second-order valence-corrected chi connectivity index (χ2v) is 6.39. The summed E-state index contributed by atoms with van der Waals surface area (Å²) in [5.41, 5.74) is 1.69. The van der Waals surface area contributed by atoms with Crippen LogP contribution < -0.4 is 5.56 Å². The van der Waals surface area contributed by atoms with Gasteiger partial charge in [-0.3, -0.25) is 9.59 Å². The first-order chi connectivity index (χ1) is 11.6. The van der Waals surface area contributed by atoms with Gasteiger partial charge in [0.2, 0.25) is 5.91 Å². The first-order valence-electron chi connectivity index (χ1n) is 8.58. The predicted molar refractivity (Wildman–Crippen MR) is 94.0 cm³/mol. The fraction of sp³-hybridized carbons (Fsp3) is 0.500. The van der Waals surface area contributed by atoms with Gasteiger partial charge in [-0.2, -0.15) is 0 Å². The Morgan fingerprint density at radius 1 is 1.29 bits per heavy atom. The van der Waals surface area contributed by atoms with Gasteiger partial charge in [-0.1, -0.05) is 12.1 Å². The van der Waals surface area contributed by atoms with Crippen LogP contribution >= 0.6 is 0 Å². The van der Waals surface area contributed by atoms with E-state index in [1.54, 1.807) is 4.90 Å². The van der Waals surface area contributed by atoms with Crippen molar-refractivity contribution in [2.24, 2.45) is 0 Å². The van der Waals surface area contributed by atoms with Gasteiger partial charge in [-0.25, -0.2) is 4.98 Å². The van der Waals surface area contributed by atoms with E-state index in [-0.39, 0.29) is 11.5 Å². The van der Waals surface area contributed by atoms with Crippen LogP contribution in [0.25, 0.3) is 11.0 Å². The third-order valence-electron chi connectivity index (χ3n) is 4.62. The molecule has 0 atom stereocenters. The summed E-state index contributed by atoms with van der Waals surface area (Å²) in [7, 11) is 1.83. The van der Waals surface area contributed by atoms with Gasteiger partial charge in [-0.05, 0) is 38.1 Å². The molecule has 0 aliphatic carbocycles. The van der Waals surface area contributed by atoms with Crippen molar-refractivity contribution in [3.05, 3.63) is 40.3 Å². The Morgan fingerprint density at radius 3 is 2.83 bits per heavy atom. The average molecular weight is 328 g/mol. The Bertz CT molecular complexity index is 765. The van der Waals surface area contributed by atoms with Crippen LogP contribution in [0.2, 0.25) is 0 Å². The molecule has 0 unspecified atom stereocenters. The maximum Gasteiger partial charge on any atom is 0.270 e. The van der Waals surface area contributed by atoms with E-state index in [1.165, 1.54) is 12.8 Å². The summed E-state index contributed by atoms with van der Waals surface area (Å²) >= 11 is 0. The summed E-state index contributed by atoms with van der Waals surface area (Å²) in [5.74, 6) is 0.0588. The number of hydrogen-bond acceptors (Lipinski definition) is 4. The fourth-order valence-electron chi connectivity index (χ4n) is 3.08. The van der Waals surface area contributed by atoms with Gasteiger partial charge in [0, 0.05) is 33.0 Å². The Morgan fingerprint density at radius 2 is 2.04 bits per heavy atom. The van der Waals surface area contributed by atoms with Crippen LogP contribution in [0.3, 0.4) is 0 Å². The molecule has 0 spiro atoms. The van der Waals surface area contributed by atoms with E-state index in [0.29, 0.717) is 18.5 Å². The molecular formula is C18H24N4O2. The van der Waals surface area contributed by atoms with E-state index in [0.717, 1.165) is 37.2 Å². The maximum absolute atomic E-state index is 12.3. The zero-order valence-electron chi connectivity index (χ0n) is 14.1. The van der Waals surface area contributed by atoms with E-state index < -0.39 is 0 Å². The predicted octanol–water partition coefficient (Wildman–Crippen LogP) is 1.41. The van der Waals surface area contributed by atoms with Crippen molar-refractivity contribution in [1.82, 2.24) is 19.8 Å². The highest BCUT2D eigenvalue weighted by molar-refractivity contribution is 5.76. The minimum atomic E-state index is -0.207. The lowest BCUT2D eigenvalue weighted by Gasteiger charge is -2.21. The first kappa shape index (κ1) is 16.6. The number of hydrogen-bond donors (Lipinski definition) is 1. The van der Waals surface area contributed by atoms with Gasteiger partial charge >= 0.3 is 0 Å². The van der Waals surface area contributed by atoms with Crippen LogP contribution in [-0.4, -0.2) is 58.9 Å². The minimum Gasteiger partial charge on any atom is -0.344 e. The number of aromatic nitrogens is 2. The summed E-state index contributed by atoms with van der Waals surface area (Å²) < 4.78 is 0. The Hall–Kier alpha value is -2.21. The van der Waals surface area contributed by atoms with Crippen molar-refractivity contribution in [2.75, 3.05) is 33.2 Å². The smallest absolute Gasteiger partial charge is 0.270 e. The van der Waals surface area contributed by atoms with E-state index >= 15 is 0 Å². The molecule has 1 aromatic carbocycles. The summed E-state index contributed by atoms with van der Waals surface area (Å²) in [5, 5.41) is 0. The number of H-pyrrole nitrogens is 1. The highest BCUT2D eigenvalue weighted by atomic mass is 16.2. The van der Waals surface area contributed by atoms with Crippen molar-refractivity contribution in [3.8, 4) is 0 Å². The molecule has 1 amide bonds. The number of carbonyl (C=O) groups excluding carboxylic acids is 1. The van der Waals surface area contributed by atoms with Crippen molar-refractivity contribution < 1.29 is 4.79 Å². The molecular weight excluding hydrogens is 304 g/mol. The summed E-state index contributed by atoms with van der Waals surface area (Å²) in [6.07, 6.45) is 3.19. The lowest BCUT2D eigenvalue weighted by molar-refractivity contribution is -0.130. The molecule has 0 saturated carbocycles. The van der Waals surface area contributed by atoms with Crippen molar-refractivity contribution >= 4 is 16.9 Å². The van der Waals surface area contributed by atoms with Gasteiger partial charge in [0.1, 0.15) is 5.69 Å². The van der Waals surface area contributed by atoms with E-state index in [9.17, 15) is 9.59 Å². The van der Waals surface area contributed by atoms with Crippen LogP contribution in [0, 0.1) is 0 Å². The van der Waals surface area contributed by atoms with E-state index in [1.807, 2.05) is 31.3 Å². The molecule has 1 fully saturated rings. The van der Waals surface area contributed by atoms with Crippen molar-refractivity contribution in [2.45, 2.75) is 25.7 Å². The van der Waals surface area contributed by atoms with Crippen LogP contribution in [0.5, 0.6) is 0 Å². The monoisotopic (exact) mass is 328 g/mol. The topological polar surface area (TPSA) is 69.3 Å². The third kappa shape index (κ3) is 4.00. The third-order valence-corrected chi connectivity index (χ3v) is 4.62. The lowest BCUT2D eigenvalue weighted by atomic mass is 10.2. The zero-order valence-corrected chi connectivity index (χ0v) is 14.1. The molecule has 1 saturated heterocycles. The number of aryl methyl sites for hydroxylation is 1. The second kappa shape index (κ2) is 7.57. The van der Waals surface area contributed by atoms with Gasteiger partial charge in [0.05, 0.1) is 11.0 Å². The molecule has 2 aromatic rings. The van der Waals surface area contributed by atoms with Gasteiger partial charge in [0.25, 0.3) is 5.56 Å². The standard InChI is InChI=1S/C18H24N4O2/c1-21(12-13-22-10-4-5-11-22)17(23)9-8-16-18(24)20-15-7-3-2-6-14(15)19-16/h2-3,6-7H,4-5,8-13H2,1H3,(H,20,24). The summed E-state index contributed by atoms with van der Waals surface area (Å²) in [4.78, 5) is 35.7. The molecule has 1 aliphatic rings. The van der Waals surface area contributed by atoms with Crippen molar-refractivity contribution in [1.29, 1.82) is 0 Å². The molecule has 3 rings (SSSR count). The molecule has 128 valence electrons. The number of likely N-dealkylation sites (N-methyl/N-ethyl adjacent to an activating group) is 1. The number of likely N-dealkylation sites (tertiary alicyclic amines) is 1. The molecule has 1 aromatic heterocycles. The van der Waals surface area contributed by atoms with Gasteiger partial charge in [-0.15, -0.1) is 0 Å². The molecule has 1 N–H and O–H groups in total. The summed E-state index contributed by atoms with van der Waals surface area (Å²) in [6, 6.07) is 7.43. The van der Waals surface area contributed by atoms with Crippen LogP contribution in [0.4, 0.5) is 0 Å². The quantitative estimate of drug-likeness (QED) is 0.870. The SMILES string of the molecule is CN(CCN1CCCC1)C(=O)CCc1nc2ccccc2[nH]c1=O. The number of amides is 1. The maximum atomic E-state index is 12.3. The largest absolute Gasteiger partial charge is 0.344 e. The molecule has 6 nitrogen and oxygen atoms in total. The van der Waals surface area contributed by atoms with Crippen LogP contribution in [0.15, 0.2) is 29.1 Å². The highest BCUT2D eigenvalue weighted by Crippen LogP contribution is 2.08. The minimum absolute atomic E-state index is 0.0588. The number of rotatable bonds is 6. The van der Waals surface area contributed by atoms with E-state index in [2.05, 4.69) is 14.9 Å². The molecule has 2 heterocycles. The molecule has 6 heteroatoms. The van der Waals surface area contributed by atoms with Crippen molar-refractivity contribution in [3.63, 3.8) is 0 Å². The van der Waals surface area contributed by atoms with Crippen LogP contribution in [0.1, 0.15) is 25.0 Å². The number of nitrogens with zero attached hydrogens (tertiary/aromatic N) is 3. The number of benzene rings is 1. The Kier molecular flexibility index (Phi) is 5.25. The molecule has 24 heavy (non-hydrogen) atoms. The lowest BCUT2D eigenvalue weighted by Crippen LogP contribution is -2.35.